The molecule has 1 heterocycles. The van der Waals surface area contributed by atoms with E-state index < -0.39 is 0 Å². The largest absolute Gasteiger partial charge is 0.383 e. The van der Waals surface area contributed by atoms with Crippen molar-refractivity contribution in [3.05, 3.63) is 70.8 Å². The quantitative estimate of drug-likeness (QED) is 0.839. The van der Waals surface area contributed by atoms with Crippen molar-refractivity contribution in [1.82, 2.24) is 0 Å². The average Bonchev–Trinajstić information content (AvgIpc) is 2.40. The molecule has 0 bridgehead atoms. The lowest BCUT2D eigenvalue weighted by molar-refractivity contribution is 0.620. The lowest BCUT2D eigenvalue weighted by Crippen LogP contribution is -2.23. The van der Waals surface area contributed by atoms with Gasteiger partial charge in [-0.1, -0.05) is 18.2 Å². The van der Waals surface area contributed by atoms with Gasteiger partial charge >= 0.3 is 0 Å². The minimum atomic E-state index is -0.322. The molecule has 0 saturated carbocycles. The molecule has 0 aliphatic carbocycles. The van der Waals surface area contributed by atoms with Crippen LogP contribution in [0.25, 0.3) is 0 Å². The van der Waals surface area contributed by atoms with Crippen LogP contribution in [0, 0.1) is 11.6 Å². The van der Waals surface area contributed by atoms with E-state index in [1.54, 1.807) is 18.2 Å². The van der Waals surface area contributed by atoms with E-state index >= 15 is 0 Å². The van der Waals surface area contributed by atoms with Gasteiger partial charge in [-0.3, -0.25) is 4.99 Å². The van der Waals surface area contributed by atoms with E-state index in [-0.39, 0.29) is 17.7 Å². The number of hydrogen-bond donors (Lipinski definition) is 1. The molecule has 0 radical (unpaired) electrons. The van der Waals surface area contributed by atoms with Crippen molar-refractivity contribution < 1.29 is 8.78 Å². The maximum absolute atomic E-state index is 13.2. The van der Waals surface area contributed by atoms with Crippen LogP contribution in [0.2, 0.25) is 0 Å². The normalized spacial score (nSPS) is 17.8. The number of fused-ring (bicyclic) bond motifs is 1. The van der Waals surface area contributed by atoms with Gasteiger partial charge in [0.1, 0.15) is 17.5 Å². The van der Waals surface area contributed by atoms with E-state index in [0.717, 1.165) is 11.1 Å². The zero-order valence-electron chi connectivity index (χ0n) is 10.1. The van der Waals surface area contributed by atoms with E-state index in [9.17, 15) is 8.78 Å². The first kappa shape index (κ1) is 11.8. The second kappa shape index (κ2) is 4.46. The van der Waals surface area contributed by atoms with Crippen molar-refractivity contribution in [2.75, 3.05) is 0 Å². The summed E-state index contributed by atoms with van der Waals surface area (Å²) in [6.07, 6.45) is 0.641. The van der Waals surface area contributed by atoms with Crippen molar-refractivity contribution in [3.8, 4) is 0 Å². The van der Waals surface area contributed by atoms with E-state index in [4.69, 9.17) is 5.73 Å². The molecule has 1 unspecified atom stereocenters. The highest BCUT2D eigenvalue weighted by Crippen LogP contribution is 2.29. The van der Waals surface area contributed by atoms with Gasteiger partial charge in [0, 0.05) is 5.56 Å². The summed E-state index contributed by atoms with van der Waals surface area (Å²) < 4.78 is 26.1. The Hall–Kier alpha value is -2.23. The molecule has 0 fully saturated rings. The Labute approximate surface area is 109 Å². The zero-order chi connectivity index (χ0) is 13.4. The fourth-order valence-electron chi connectivity index (χ4n) is 2.33. The predicted octanol–water partition coefficient (Wildman–Crippen LogP) is 2.97. The second-order valence-corrected chi connectivity index (χ2v) is 4.59. The number of benzene rings is 2. The summed E-state index contributed by atoms with van der Waals surface area (Å²) in [7, 11) is 0. The number of nitrogens with two attached hydrogens (primary N) is 1. The first-order valence-corrected chi connectivity index (χ1v) is 6.01. The van der Waals surface area contributed by atoms with Gasteiger partial charge in [-0.15, -0.1) is 0 Å². The van der Waals surface area contributed by atoms with Crippen LogP contribution in [-0.2, 0) is 6.42 Å². The van der Waals surface area contributed by atoms with Gasteiger partial charge in [-0.25, -0.2) is 8.78 Å². The third-order valence-corrected chi connectivity index (χ3v) is 3.31. The minimum absolute atomic E-state index is 0.140. The maximum atomic E-state index is 13.2. The lowest BCUT2D eigenvalue weighted by Gasteiger charge is -2.22. The maximum Gasteiger partial charge on any atom is 0.126 e. The fourth-order valence-corrected chi connectivity index (χ4v) is 2.33. The van der Waals surface area contributed by atoms with Crippen molar-refractivity contribution >= 4 is 5.84 Å². The highest BCUT2D eigenvalue weighted by molar-refractivity contribution is 5.99. The van der Waals surface area contributed by atoms with Crippen molar-refractivity contribution in [2.45, 2.75) is 12.5 Å². The van der Waals surface area contributed by atoms with Crippen LogP contribution in [-0.4, -0.2) is 5.84 Å². The molecule has 19 heavy (non-hydrogen) atoms. The topological polar surface area (TPSA) is 38.4 Å². The van der Waals surface area contributed by atoms with Gasteiger partial charge in [-0.2, -0.15) is 0 Å². The number of halogens is 2. The second-order valence-electron chi connectivity index (χ2n) is 4.59. The summed E-state index contributed by atoms with van der Waals surface area (Å²) in [5.74, 6) is -0.272. The van der Waals surface area contributed by atoms with Crippen molar-refractivity contribution in [2.24, 2.45) is 10.7 Å². The van der Waals surface area contributed by atoms with Crippen LogP contribution in [0.1, 0.15) is 22.7 Å². The Morgan fingerprint density at radius 3 is 2.42 bits per heavy atom. The summed E-state index contributed by atoms with van der Waals surface area (Å²) in [6.45, 7) is 0. The molecular weight excluding hydrogens is 246 g/mol. The molecule has 0 amide bonds. The van der Waals surface area contributed by atoms with Crippen LogP contribution in [0.4, 0.5) is 8.78 Å². The Morgan fingerprint density at radius 2 is 1.68 bits per heavy atom. The van der Waals surface area contributed by atoms with Crippen LogP contribution < -0.4 is 5.73 Å². The molecule has 0 aromatic heterocycles. The molecule has 2 nitrogen and oxygen atoms in total. The van der Waals surface area contributed by atoms with Gasteiger partial charge in [0.15, 0.2) is 0 Å². The van der Waals surface area contributed by atoms with E-state index in [1.807, 2.05) is 0 Å². The Balaban J connectivity index is 1.99. The van der Waals surface area contributed by atoms with Crippen LogP contribution in [0.15, 0.2) is 47.5 Å². The van der Waals surface area contributed by atoms with E-state index in [1.165, 1.54) is 24.3 Å². The van der Waals surface area contributed by atoms with Crippen molar-refractivity contribution in [1.29, 1.82) is 0 Å². The standard InChI is InChI=1S/C15H12F2N2/c16-11-4-1-9(2-5-11)14-7-10-3-6-12(17)8-13(10)15(18)19-14/h1-6,8,14H,7H2,(H2,18,19). The fraction of sp³-hybridized carbons (Fsp3) is 0.133. The Bertz CT molecular complexity index is 648. The number of amidine groups is 1. The SMILES string of the molecule is NC1=NC(c2ccc(F)cc2)Cc2ccc(F)cc21. The Morgan fingerprint density at radius 1 is 1.00 bits per heavy atom. The van der Waals surface area contributed by atoms with Crippen LogP contribution in [0.3, 0.4) is 0 Å². The number of hydrogen-bond acceptors (Lipinski definition) is 2. The first-order valence-electron chi connectivity index (χ1n) is 6.01. The number of aliphatic imine (C=N–C) groups is 1. The molecule has 1 aliphatic heterocycles. The Kier molecular flexibility index (Phi) is 2.78. The molecule has 0 spiro atoms. The molecular formula is C15H12F2N2. The molecule has 0 saturated heterocycles. The van der Waals surface area contributed by atoms with Gasteiger partial charge in [0.05, 0.1) is 6.04 Å². The monoisotopic (exact) mass is 258 g/mol. The zero-order valence-corrected chi connectivity index (χ0v) is 10.1. The summed E-state index contributed by atoms with van der Waals surface area (Å²) in [5.41, 5.74) is 8.40. The highest BCUT2D eigenvalue weighted by atomic mass is 19.1. The van der Waals surface area contributed by atoms with Gasteiger partial charge in [0.2, 0.25) is 0 Å². The van der Waals surface area contributed by atoms with Gasteiger partial charge in [-0.05, 0) is 41.8 Å². The third-order valence-electron chi connectivity index (χ3n) is 3.31. The molecule has 1 aliphatic rings. The number of rotatable bonds is 1. The molecule has 2 aromatic carbocycles. The van der Waals surface area contributed by atoms with Crippen LogP contribution >= 0.6 is 0 Å². The molecule has 3 rings (SSSR count). The first-order chi connectivity index (χ1) is 9.13. The highest BCUT2D eigenvalue weighted by Gasteiger charge is 2.21. The molecule has 4 heteroatoms. The smallest absolute Gasteiger partial charge is 0.126 e. The summed E-state index contributed by atoms with van der Waals surface area (Å²) in [5, 5.41) is 0. The molecule has 96 valence electrons. The summed E-state index contributed by atoms with van der Waals surface area (Å²) >= 11 is 0. The van der Waals surface area contributed by atoms with E-state index in [2.05, 4.69) is 4.99 Å². The summed E-state index contributed by atoms with van der Waals surface area (Å²) in [4.78, 5) is 4.37. The van der Waals surface area contributed by atoms with Gasteiger partial charge in [0.25, 0.3) is 0 Å². The molecule has 2 N–H and O–H groups in total. The van der Waals surface area contributed by atoms with E-state index in [0.29, 0.717) is 17.8 Å². The number of nitrogens with zero attached hydrogens (tertiary/aromatic N) is 1. The third kappa shape index (κ3) is 2.21. The minimum Gasteiger partial charge on any atom is -0.383 e. The van der Waals surface area contributed by atoms with Crippen LogP contribution in [0.5, 0.6) is 0 Å². The summed E-state index contributed by atoms with van der Waals surface area (Å²) in [6, 6.07) is 10.6. The van der Waals surface area contributed by atoms with Crippen molar-refractivity contribution in [3.63, 3.8) is 0 Å². The molecule has 2 aromatic rings. The lowest BCUT2D eigenvalue weighted by atomic mass is 9.92. The predicted molar refractivity (Wildman–Crippen MR) is 70.0 cm³/mol. The average molecular weight is 258 g/mol. The molecule has 1 atom stereocenters. The van der Waals surface area contributed by atoms with Gasteiger partial charge < -0.3 is 5.73 Å².